The summed E-state index contributed by atoms with van der Waals surface area (Å²) in [6.07, 6.45) is 5.44. The smallest absolute Gasteiger partial charge is 0.336 e. The van der Waals surface area contributed by atoms with E-state index >= 15 is 0 Å². The molecule has 1 aromatic heterocycles. The summed E-state index contributed by atoms with van der Waals surface area (Å²) in [5, 5.41) is 0. The van der Waals surface area contributed by atoms with Gasteiger partial charge in [-0.15, -0.1) is 0 Å². The van der Waals surface area contributed by atoms with Crippen molar-refractivity contribution in [3.63, 3.8) is 0 Å². The van der Waals surface area contributed by atoms with Crippen molar-refractivity contribution in [1.82, 2.24) is 0 Å². The van der Waals surface area contributed by atoms with Crippen molar-refractivity contribution in [3.05, 3.63) is 45.6 Å². The third-order valence-electron chi connectivity index (χ3n) is 3.44. The molecule has 4 nitrogen and oxygen atoms in total. The minimum Gasteiger partial charge on any atom is -0.445 e. The number of hydrogen-bond acceptors (Lipinski definition) is 4. The van der Waals surface area contributed by atoms with Gasteiger partial charge >= 0.3 is 5.63 Å². The van der Waals surface area contributed by atoms with Crippen LogP contribution in [0.1, 0.15) is 49.5 Å². The van der Waals surface area contributed by atoms with Crippen molar-refractivity contribution < 1.29 is 13.5 Å². The molecule has 0 bridgehead atoms. The molecule has 0 unspecified atom stereocenters. The van der Waals surface area contributed by atoms with E-state index in [0.29, 0.717) is 23.4 Å². The summed E-state index contributed by atoms with van der Waals surface area (Å²) < 4.78 is 22.7. The molecule has 2 heterocycles. The molecule has 0 aliphatic carbocycles. The standard InChI is InChI=1S/C16H20FNO3/c1-3-4-5-6-7-12-9-14(19)21-13-8-11(2)18-16(15(12)13)20-10-17/h9H,2-8,10H2,1H3. The fraction of sp³-hybridized carbons (Fsp3) is 0.500. The molecule has 21 heavy (non-hydrogen) atoms. The third kappa shape index (κ3) is 3.80. The molecule has 1 aliphatic rings. The van der Waals surface area contributed by atoms with Gasteiger partial charge in [0.2, 0.25) is 12.8 Å². The van der Waals surface area contributed by atoms with Gasteiger partial charge < -0.3 is 9.15 Å². The Labute approximate surface area is 123 Å². The molecule has 0 spiro atoms. The Hall–Kier alpha value is -1.91. The number of alkyl halides is 1. The Bertz CT molecular complexity index is 604. The second-order valence-electron chi connectivity index (χ2n) is 5.11. The van der Waals surface area contributed by atoms with Crippen LogP contribution in [0.2, 0.25) is 0 Å². The SMILES string of the molecule is C=C1Cc2oc(=O)cc(CCCCCC)c2C(OCF)=N1. The van der Waals surface area contributed by atoms with Crippen molar-refractivity contribution >= 4 is 5.90 Å². The minimum atomic E-state index is -0.972. The van der Waals surface area contributed by atoms with Gasteiger partial charge in [0, 0.05) is 18.2 Å². The number of halogens is 1. The van der Waals surface area contributed by atoms with E-state index in [1.807, 2.05) is 0 Å². The van der Waals surface area contributed by atoms with Crippen LogP contribution < -0.4 is 5.63 Å². The van der Waals surface area contributed by atoms with Crippen molar-refractivity contribution in [1.29, 1.82) is 0 Å². The number of allylic oxidation sites excluding steroid dienone is 1. The first-order valence-corrected chi connectivity index (χ1v) is 7.27. The van der Waals surface area contributed by atoms with Gasteiger partial charge in [-0.1, -0.05) is 32.8 Å². The lowest BCUT2D eigenvalue weighted by atomic mass is 9.97. The highest BCUT2D eigenvalue weighted by Crippen LogP contribution is 2.25. The Kier molecular flexibility index (Phi) is 5.31. The van der Waals surface area contributed by atoms with Crippen LogP contribution in [0, 0.1) is 0 Å². The van der Waals surface area contributed by atoms with E-state index in [1.165, 1.54) is 6.07 Å². The molecule has 1 aromatic rings. The number of nitrogens with zero attached hydrogens (tertiary/aromatic N) is 1. The molecule has 114 valence electrons. The van der Waals surface area contributed by atoms with E-state index in [4.69, 9.17) is 9.15 Å². The predicted octanol–water partition coefficient (Wildman–Crippen LogP) is 3.52. The Morgan fingerprint density at radius 3 is 2.95 bits per heavy atom. The summed E-state index contributed by atoms with van der Waals surface area (Å²) in [5.74, 6) is 0.634. The van der Waals surface area contributed by atoms with E-state index < -0.39 is 12.5 Å². The van der Waals surface area contributed by atoms with Crippen molar-refractivity contribution in [3.8, 4) is 0 Å². The first-order chi connectivity index (χ1) is 10.2. The maximum absolute atomic E-state index is 12.5. The number of fused-ring (bicyclic) bond motifs is 1. The highest BCUT2D eigenvalue weighted by atomic mass is 19.1. The predicted molar refractivity (Wildman–Crippen MR) is 79.3 cm³/mol. The van der Waals surface area contributed by atoms with Gasteiger partial charge in [-0.05, 0) is 18.4 Å². The van der Waals surface area contributed by atoms with E-state index in [1.54, 1.807) is 0 Å². The maximum Gasteiger partial charge on any atom is 0.336 e. The average molecular weight is 293 g/mol. The number of ether oxygens (including phenoxy) is 1. The lowest BCUT2D eigenvalue weighted by Crippen LogP contribution is -2.20. The summed E-state index contributed by atoms with van der Waals surface area (Å²) in [7, 11) is 0. The molecule has 0 radical (unpaired) electrons. The van der Waals surface area contributed by atoms with Crippen LogP contribution in [0.5, 0.6) is 0 Å². The van der Waals surface area contributed by atoms with Crippen molar-refractivity contribution in [2.45, 2.75) is 45.4 Å². The lowest BCUT2D eigenvalue weighted by Gasteiger charge is -2.18. The first kappa shape index (κ1) is 15.5. The van der Waals surface area contributed by atoms with Crippen LogP contribution in [-0.4, -0.2) is 12.8 Å². The molecule has 2 rings (SSSR count). The number of aryl methyl sites for hydroxylation is 1. The Morgan fingerprint density at radius 2 is 2.24 bits per heavy atom. The van der Waals surface area contributed by atoms with Crippen molar-refractivity contribution in [2.75, 3.05) is 6.86 Å². The molecule has 0 N–H and O–H groups in total. The molecule has 0 saturated heterocycles. The molecular formula is C16H20FNO3. The molecule has 1 aliphatic heterocycles. The van der Waals surface area contributed by atoms with Crippen LogP contribution >= 0.6 is 0 Å². The highest BCUT2D eigenvalue weighted by molar-refractivity contribution is 5.98. The summed E-state index contributed by atoms with van der Waals surface area (Å²) in [4.78, 5) is 15.8. The summed E-state index contributed by atoms with van der Waals surface area (Å²) in [6.45, 7) is 4.91. The fourth-order valence-corrected chi connectivity index (χ4v) is 2.50. The highest BCUT2D eigenvalue weighted by Gasteiger charge is 2.24. The van der Waals surface area contributed by atoms with Gasteiger partial charge in [0.1, 0.15) is 5.76 Å². The lowest BCUT2D eigenvalue weighted by molar-refractivity contribution is 0.179. The fourth-order valence-electron chi connectivity index (χ4n) is 2.50. The van der Waals surface area contributed by atoms with Gasteiger partial charge in [-0.3, -0.25) is 0 Å². The number of aliphatic imine (C=N–C) groups is 1. The van der Waals surface area contributed by atoms with Gasteiger partial charge in [-0.25, -0.2) is 14.2 Å². The summed E-state index contributed by atoms with van der Waals surface area (Å²) in [5.41, 5.74) is 1.54. The molecule has 0 amide bonds. The minimum absolute atomic E-state index is 0.165. The quantitative estimate of drug-likeness (QED) is 0.754. The number of hydrogen-bond donors (Lipinski definition) is 0. The van der Waals surface area contributed by atoms with Crippen molar-refractivity contribution in [2.24, 2.45) is 4.99 Å². The summed E-state index contributed by atoms with van der Waals surface area (Å²) >= 11 is 0. The topological polar surface area (TPSA) is 51.8 Å². The van der Waals surface area contributed by atoms with Gasteiger partial charge in [0.15, 0.2) is 0 Å². The second-order valence-corrected chi connectivity index (χ2v) is 5.11. The number of rotatable bonds is 6. The van der Waals surface area contributed by atoms with E-state index in [2.05, 4.69) is 18.5 Å². The Morgan fingerprint density at radius 1 is 1.43 bits per heavy atom. The van der Waals surface area contributed by atoms with Crippen LogP contribution in [0.4, 0.5) is 4.39 Å². The third-order valence-corrected chi connectivity index (χ3v) is 3.44. The molecule has 5 heteroatoms. The average Bonchev–Trinajstić information content (AvgIpc) is 2.42. The summed E-state index contributed by atoms with van der Waals surface area (Å²) in [6, 6.07) is 1.45. The normalized spacial score (nSPS) is 13.8. The molecular weight excluding hydrogens is 273 g/mol. The monoisotopic (exact) mass is 293 g/mol. The van der Waals surface area contributed by atoms with Crippen LogP contribution in [0.15, 0.2) is 32.5 Å². The molecule has 0 aromatic carbocycles. The van der Waals surface area contributed by atoms with E-state index in [0.717, 1.165) is 37.7 Å². The largest absolute Gasteiger partial charge is 0.445 e. The van der Waals surface area contributed by atoms with Crippen LogP contribution in [-0.2, 0) is 17.6 Å². The zero-order chi connectivity index (χ0) is 15.2. The van der Waals surface area contributed by atoms with Crippen LogP contribution in [0.3, 0.4) is 0 Å². The Balaban J connectivity index is 2.32. The second kappa shape index (κ2) is 7.20. The van der Waals surface area contributed by atoms with Gasteiger partial charge in [0.25, 0.3) is 0 Å². The van der Waals surface area contributed by atoms with Gasteiger partial charge in [0.05, 0.1) is 5.56 Å². The first-order valence-electron chi connectivity index (χ1n) is 7.27. The molecule has 0 atom stereocenters. The molecule has 0 saturated carbocycles. The zero-order valence-corrected chi connectivity index (χ0v) is 12.3. The molecule has 0 fully saturated rings. The maximum atomic E-state index is 12.5. The van der Waals surface area contributed by atoms with E-state index in [9.17, 15) is 9.18 Å². The zero-order valence-electron chi connectivity index (χ0n) is 12.3. The van der Waals surface area contributed by atoms with Crippen LogP contribution in [0.25, 0.3) is 0 Å². The van der Waals surface area contributed by atoms with E-state index in [-0.39, 0.29) is 5.90 Å². The van der Waals surface area contributed by atoms with Gasteiger partial charge in [-0.2, -0.15) is 0 Å². The number of unbranched alkanes of at least 4 members (excludes halogenated alkanes) is 3.